The van der Waals surface area contributed by atoms with E-state index < -0.39 is 0 Å². The van der Waals surface area contributed by atoms with Crippen molar-refractivity contribution >= 4 is 29.2 Å². The molecule has 0 fully saturated rings. The summed E-state index contributed by atoms with van der Waals surface area (Å²) in [5.74, 6) is 1.03. The van der Waals surface area contributed by atoms with Gasteiger partial charge in [0.2, 0.25) is 0 Å². The first-order valence-corrected chi connectivity index (χ1v) is 12.3. The van der Waals surface area contributed by atoms with Gasteiger partial charge >= 0.3 is 0 Å². The molecule has 2 heteroatoms. The van der Waals surface area contributed by atoms with Crippen LogP contribution in [0.5, 0.6) is 0 Å². The number of halogens is 1. The summed E-state index contributed by atoms with van der Waals surface area (Å²) < 4.78 is 1.11. The van der Waals surface area contributed by atoms with E-state index in [1.54, 1.807) is 0 Å². The molecular formula is C30H30BBr. The van der Waals surface area contributed by atoms with E-state index in [1.165, 1.54) is 27.8 Å². The van der Waals surface area contributed by atoms with Crippen LogP contribution in [0.4, 0.5) is 0 Å². The highest BCUT2D eigenvalue weighted by molar-refractivity contribution is 9.10. The molecule has 3 aromatic carbocycles. The van der Waals surface area contributed by atoms with Gasteiger partial charge in [0.15, 0.2) is 0 Å². The Hall–Kier alpha value is -2.32. The fourth-order valence-corrected chi connectivity index (χ4v) is 5.18. The zero-order valence-corrected chi connectivity index (χ0v) is 20.8. The van der Waals surface area contributed by atoms with E-state index >= 15 is 0 Å². The van der Waals surface area contributed by atoms with Gasteiger partial charge in [0.25, 0.3) is 0 Å². The molecule has 0 saturated heterocycles. The van der Waals surface area contributed by atoms with E-state index in [1.807, 2.05) is 12.1 Å². The highest BCUT2D eigenvalue weighted by Gasteiger charge is 2.32. The third-order valence-corrected chi connectivity index (χ3v) is 7.15. The van der Waals surface area contributed by atoms with E-state index in [9.17, 15) is 0 Å². The lowest BCUT2D eigenvalue weighted by molar-refractivity contribution is 0.424. The zero-order chi connectivity index (χ0) is 22.7. The zero-order valence-electron chi connectivity index (χ0n) is 19.2. The predicted molar refractivity (Wildman–Crippen MR) is 143 cm³/mol. The Bertz CT molecular complexity index is 1110. The molecule has 2 unspecified atom stereocenters. The minimum Gasteiger partial charge on any atom is -0.0967 e. The van der Waals surface area contributed by atoms with Crippen molar-refractivity contribution in [3.63, 3.8) is 0 Å². The van der Waals surface area contributed by atoms with Crippen LogP contribution in [0.2, 0.25) is 0 Å². The standard InChI is InChI=1S/C30H30BBr/c1-21(2)20-30(3,26-12-4-22(5-13-26)24-8-16-28(31)17-9-24)27-14-6-23(7-15-27)25-10-18-29(32)19-11-25/h4,6-19,21-22H,5,20H2,1-3H3. The second kappa shape index (κ2) is 9.67. The van der Waals surface area contributed by atoms with Crippen LogP contribution in [0.25, 0.3) is 11.1 Å². The van der Waals surface area contributed by atoms with Gasteiger partial charge in [-0.1, -0.05) is 121 Å². The molecule has 4 rings (SSSR count). The van der Waals surface area contributed by atoms with E-state index in [0.29, 0.717) is 11.8 Å². The van der Waals surface area contributed by atoms with Crippen LogP contribution < -0.4 is 5.46 Å². The monoisotopic (exact) mass is 480 g/mol. The Balaban J connectivity index is 1.60. The molecule has 0 amide bonds. The number of hydrogen-bond acceptors (Lipinski definition) is 0. The van der Waals surface area contributed by atoms with Crippen molar-refractivity contribution in [2.75, 3.05) is 0 Å². The second-order valence-corrected chi connectivity index (χ2v) is 10.5. The number of allylic oxidation sites excluding steroid dienone is 4. The summed E-state index contributed by atoms with van der Waals surface area (Å²) in [5.41, 5.74) is 7.45. The summed E-state index contributed by atoms with van der Waals surface area (Å²) in [6, 6.07) is 26.0. The van der Waals surface area contributed by atoms with Crippen LogP contribution in [0.15, 0.2) is 101 Å². The smallest absolute Gasteiger partial charge is 0.0967 e. The molecule has 2 atom stereocenters. The summed E-state index contributed by atoms with van der Waals surface area (Å²) in [4.78, 5) is 0. The van der Waals surface area contributed by atoms with Crippen LogP contribution in [0.3, 0.4) is 0 Å². The van der Waals surface area contributed by atoms with Gasteiger partial charge in [0.1, 0.15) is 7.85 Å². The van der Waals surface area contributed by atoms with Gasteiger partial charge in [-0.25, -0.2) is 0 Å². The second-order valence-electron chi connectivity index (χ2n) is 9.54. The molecule has 32 heavy (non-hydrogen) atoms. The molecule has 1 aliphatic carbocycles. The SMILES string of the molecule is [B]c1ccc(C2C=CC(C(C)(CC(C)C)c3ccc(-c4ccc(Br)cc4)cc3)=CC2)cc1. The maximum absolute atomic E-state index is 5.87. The van der Waals surface area contributed by atoms with Crippen molar-refractivity contribution in [2.45, 2.75) is 44.9 Å². The summed E-state index contributed by atoms with van der Waals surface area (Å²) in [6.07, 6.45) is 9.32. The summed E-state index contributed by atoms with van der Waals surface area (Å²) in [7, 11) is 5.87. The highest BCUT2D eigenvalue weighted by atomic mass is 79.9. The number of hydrogen-bond donors (Lipinski definition) is 0. The lowest BCUT2D eigenvalue weighted by Gasteiger charge is -2.36. The highest BCUT2D eigenvalue weighted by Crippen LogP contribution is 2.42. The third kappa shape index (κ3) is 5.02. The molecule has 0 aliphatic heterocycles. The first-order valence-electron chi connectivity index (χ1n) is 11.5. The molecule has 0 saturated carbocycles. The summed E-state index contributed by atoms with van der Waals surface area (Å²) in [5, 5.41) is 0. The lowest BCUT2D eigenvalue weighted by Crippen LogP contribution is -2.27. The van der Waals surface area contributed by atoms with Gasteiger partial charge in [-0.3, -0.25) is 0 Å². The average molecular weight is 481 g/mol. The maximum atomic E-state index is 5.87. The van der Waals surface area contributed by atoms with E-state index in [-0.39, 0.29) is 5.41 Å². The Morgan fingerprint density at radius 3 is 2.03 bits per heavy atom. The van der Waals surface area contributed by atoms with Crippen LogP contribution in [0.1, 0.15) is 50.7 Å². The Labute approximate surface area is 203 Å². The fourth-order valence-electron chi connectivity index (χ4n) is 4.91. The average Bonchev–Trinajstić information content (AvgIpc) is 2.80. The molecule has 0 bridgehead atoms. The van der Waals surface area contributed by atoms with Crippen molar-refractivity contribution in [2.24, 2.45) is 5.92 Å². The Kier molecular flexibility index (Phi) is 6.91. The minimum absolute atomic E-state index is 0.00496. The van der Waals surface area contributed by atoms with Crippen LogP contribution in [-0.4, -0.2) is 7.85 Å². The summed E-state index contributed by atoms with van der Waals surface area (Å²) >= 11 is 3.53. The molecule has 0 aromatic heterocycles. The van der Waals surface area contributed by atoms with Crippen molar-refractivity contribution in [3.8, 4) is 11.1 Å². The van der Waals surface area contributed by atoms with E-state index in [0.717, 1.165) is 22.8 Å². The maximum Gasteiger partial charge on any atom is 0.113 e. The lowest BCUT2D eigenvalue weighted by atomic mass is 9.68. The predicted octanol–water partition coefficient (Wildman–Crippen LogP) is 7.88. The third-order valence-electron chi connectivity index (χ3n) is 6.62. The molecule has 0 nitrogen and oxygen atoms in total. The van der Waals surface area contributed by atoms with Gasteiger partial charge in [-0.15, -0.1) is 0 Å². The largest absolute Gasteiger partial charge is 0.113 e. The molecule has 0 heterocycles. The quantitative estimate of drug-likeness (QED) is 0.314. The van der Waals surface area contributed by atoms with Crippen LogP contribution in [0, 0.1) is 5.92 Å². The molecule has 2 radical (unpaired) electrons. The van der Waals surface area contributed by atoms with Gasteiger partial charge in [0, 0.05) is 15.8 Å². The Morgan fingerprint density at radius 1 is 0.906 bits per heavy atom. The van der Waals surface area contributed by atoms with Crippen LogP contribution in [-0.2, 0) is 5.41 Å². The molecular weight excluding hydrogens is 451 g/mol. The number of rotatable bonds is 6. The van der Waals surface area contributed by atoms with E-state index in [2.05, 4.69) is 116 Å². The molecule has 0 N–H and O–H groups in total. The van der Waals surface area contributed by atoms with Gasteiger partial charge < -0.3 is 0 Å². The fraction of sp³-hybridized carbons (Fsp3) is 0.267. The van der Waals surface area contributed by atoms with Crippen molar-refractivity contribution < 1.29 is 0 Å². The topological polar surface area (TPSA) is 0 Å². The van der Waals surface area contributed by atoms with Crippen LogP contribution >= 0.6 is 15.9 Å². The van der Waals surface area contributed by atoms with E-state index in [4.69, 9.17) is 7.85 Å². The Morgan fingerprint density at radius 2 is 1.50 bits per heavy atom. The molecule has 0 spiro atoms. The van der Waals surface area contributed by atoms with Gasteiger partial charge in [0.05, 0.1) is 0 Å². The van der Waals surface area contributed by atoms with Crippen molar-refractivity contribution in [3.05, 3.63) is 112 Å². The van der Waals surface area contributed by atoms with Crippen molar-refractivity contribution in [1.29, 1.82) is 0 Å². The van der Waals surface area contributed by atoms with Crippen molar-refractivity contribution in [1.82, 2.24) is 0 Å². The summed E-state index contributed by atoms with van der Waals surface area (Å²) in [6.45, 7) is 7.04. The first kappa shape index (κ1) is 22.9. The molecule has 3 aromatic rings. The van der Waals surface area contributed by atoms with Gasteiger partial charge in [-0.2, -0.15) is 0 Å². The number of benzene rings is 3. The first-order chi connectivity index (χ1) is 15.3. The van der Waals surface area contributed by atoms with Gasteiger partial charge in [-0.05, 0) is 58.7 Å². The minimum atomic E-state index is -0.00496. The molecule has 1 aliphatic rings. The normalized spacial score (nSPS) is 17.8. The molecule has 160 valence electrons.